The molecule has 202 valence electrons. The molecule has 3 fully saturated rings. The van der Waals surface area contributed by atoms with E-state index in [0.717, 1.165) is 82.7 Å². The van der Waals surface area contributed by atoms with Gasteiger partial charge in [-0.05, 0) is 99.1 Å². The molecule has 37 heavy (non-hydrogen) atoms. The van der Waals surface area contributed by atoms with Gasteiger partial charge in [-0.2, -0.15) is 13.2 Å². The minimum Gasteiger partial charge on any atom is -0.490 e. The lowest BCUT2D eigenvalue weighted by Crippen LogP contribution is -2.45. The summed E-state index contributed by atoms with van der Waals surface area (Å²) in [5.74, 6) is -0.294. The van der Waals surface area contributed by atoms with Crippen LogP contribution >= 0.6 is 0 Å². The first-order valence-corrected chi connectivity index (χ1v) is 14.0. The van der Waals surface area contributed by atoms with Crippen LogP contribution in [0.25, 0.3) is 10.8 Å². The number of rotatable bonds is 8. The van der Waals surface area contributed by atoms with Gasteiger partial charge < -0.3 is 9.84 Å². The second-order valence-corrected chi connectivity index (χ2v) is 11.4. The highest BCUT2D eigenvalue weighted by Gasteiger charge is 2.42. The van der Waals surface area contributed by atoms with E-state index in [2.05, 4.69) is 11.8 Å². The van der Waals surface area contributed by atoms with E-state index in [1.54, 1.807) is 12.1 Å². The number of fused-ring (bicyclic) bond motifs is 3. The molecule has 4 nitrogen and oxygen atoms in total. The van der Waals surface area contributed by atoms with Crippen LogP contribution < -0.4 is 4.74 Å². The molecule has 2 heterocycles. The molecule has 0 spiro atoms. The highest BCUT2D eigenvalue weighted by atomic mass is 19.4. The Morgan fingerprint density at radius 3 is 2.35 bits per heavy atom. The highest BCUT2D eigenvalue weighted by Crippen LogP contribution is 2.43. The van der Waals surface area contributed by atoms with Crippen LogP contribution in [0.2, 0.25) is 0 Å². The van der Waals surface area contributed by atoms with Crippen LogP contribution in [0.15, 0.2) is 30.3 Å². The number of ether oxygens (including phenoxy) is 1. The number of aryl methyl sites for hydroxylation is 1. The zero-order chi connectivity index (χ0) is 26.2. The van der Waals surface area contributed by atoms with Crippen molar-refractivity contribution in [3.63, 3.8) is 0 Å². The van der Waals surface area contributed by atoms with Gasteiger partial charge in [-0.3, -0.25) is 9.69 Å². The molecular weight excluding hydrogens is 479 g/mol. The van der Waals surface area contributed by atoms with Gasteiger partial charge in [0.25, 0.3) is 0 Å². The van der Waals surface area contributed by atoms with Crippen molar-refractivity contribution < 1.29 is 27.8 Å². The van der Waals surface area contributed by atoms with Gasteiger partial charge >= 0.3 is 12.1 Å². The smallest absolute Gasteiger partial charge is 0.420 e. The van der Waals surface area contributed by atoms with E-state index in [1.165, 1.54) is 6.07 Å². The number of hydrogen-bond donors (Lipinski definition) is 1. The molecule has 1 saturated carbocycles. The normalized spacial score (nSPS) is 28.5. The first kappa shape index (κ1) is 26.3. The van der Waals surface area contributed by atoms with Crippen LogP contribution in [0.1, 0.15) is 82.3 Å². The average Bonchev–Trinajstić information content (AvgIpc) is 3.09. The van der Waals surface area contributed by atoms with Crippen LogP contribution in [0.5, 0.6) is 5.75 Å². The molecule has 3 aliphatic rings. The Hall–Kier alpha value is -2.28. The maximum atomic E-state index is 14.2. The topological polar surface area (TPSA) is 49.8 Å². The number of hydrogen-bond acceptors (Lipinski definition) is 3. The molecule has 0 radical (unpaired) electrons. The molecule has 1 N–H and O–H groups in total. The number of carboxylic acid groups (broad SMARTS) is 1. The second-order valence-electron chi connectivity index (χ2n) is 11.4. The van der Waals surface area contributed by atoms with Crippen molar-refractivity contribution in [1.29, 1.82) is 0 Å². The third kappa shape index (κ3) is 5.76. The van der Waals surface area contributed by atoms with E-state index < -0.39 is 17.7 Å². The quantitative estimate of drug-likeness (QED) is 0.395. The lowest BCUT2D eigenvalue weighted by atomic mass is 9.86. The number of carbonyl (C=O) groups is 1. The largest absolute Gasteiger partial charge is 0.490 e. The van der Waals surface area contributed by atoms with Gasteiger partial charge in [0.2, 0.25) is 0 Å². The lowest BCUT2D eigenvalue weighted by Gasteiger charge is -2.37. The van der Waals surface area contributed by atoms with Crippen LogP contribution in [-0.4, -0.2) is 40.7 Å². The molecule has 2 aromatic carbocycles. The number of alkyl halides is 3. The van der Waals surface area contributed by atoms with Crippen molar-refractivity contribution in [2.75, 3.05) is 6.54 Å². The summed E-state index contributed by atoms with van der Waals surface area (Å²) in [4.78, 5) is 13.9. The summed E-state index contributed by atoms with van der Waals surface area (Å²) in [5.41, 5.74) is 0.368. The van der Waals surface area contributed by atoms with Gasteiger partial charge in [-0.25, -0.2) is 0 Å². The average molecular weight is 518 g/mol. The van der Waals surface area contributed by atoms with Crippen LogP contribution in [0, 0.1) is 11.8 Å². The molecule has 2 atom stereocenters. The SMILES string of the molecule is CC[C@H]1CC[C@@H](Oc2ccc3cc(CCCN4C5CCC4CC(C(=O)O)C5)ccc3c2C(F)(F)F)CC1. The molecule has 7 heteroatoms. The molecule has 5 rings (SSSR count). The van der Waals surface area contributed by atoms with Gasteiger partial charge in [0.15, 0.2) is 0 Å². The van der Waals surface area contributed by atoms with E-state index in [9.17, 15) is 23.1 Å². The Bertz CT molecular complexity index is 1100. The molecule has 2 unspecified atom stereocenters. The molecule has 1 aliphatic carbocycles. The van der Waals surface area contributed by atoms with E-state index in [4.69, 9.17) is 4.74 Å². The fraction of sp³-hybridized carbons (Fsp3) is 0.633. The maximum absolute atomic E-state index is 14.2. The van der Waals surface area contributed by atoms with Gasteiger partial charge in [-0.1, -0.05) is 37.6 Å². The Kier molecular flexibility index (Phi) is 7.71. The van der Waals surface area contributed by atoms with Crippen molar-refractivity contribution in [3.8, 4) is 5.75 Å². The molecule has 0 amide bonds. The molecule has 2 aliphatic heterocycles. The predicted molar refractivity (Wildman–Crippen MR) is 138 cm³/mol. The van der Waals surface area contributed by atoms with Gasteiger partial charge in [0.1, 0.15) is 11.3 Å². The highest BCUT2D eigenvalue weighted by molar-refractivity contribution is 5.89. The fourth-order valence-corrected chi connectivity index (χ4v) is 7.05. The van der Waals surface area contributed by atoms with Crippen LogP contribution in [-0.2, 0) is 17.4 Å². The Labute approximate surface area is 217 Å². The Morgan fingerprint density at radius 1 is 1.03 bits per heavy atom. The predicted octanol–water partition coefficient (Wildman–Crippen LogP) is 7.47. The van der Waals surface area contributed by atoms with Crippen LogP contribution in [0.4, 0.5) is 13.2 Å². The number of carboxylic acids is 1. The molecular formula is C30H38F3NO3. The van der Waals surface area contributed by atoms with Crippen molar-refractivity contribution in [3.05, 3.63) is 41.5 Å². The maximum Gasteiger partial charge on any atom is 0.420 e. The monoisotopic (exact) mass is 517 g/mol. The van der Waals surface area contributed by atoms with Crippen LogP contribution in [0.3, 0.4) is 0 Å². The van der Waals surface area contributed by atoms with E-state index in [1.807, 2.05) is 12.1 Å². The minimum absolute atomic E-state index is 0.0482. The number of aliphatic carboxylic acids is 1. The van der Waals surface area contributed by atoms with Crippen molar-refractivity contribution >= 4 is 16.7 Å². The summed E-state index contributed by atoms with van der Waals surface area (Å²) in [6.07, 6.45) is 5.39. The van der Waals surface area contributed by atoms with Crippen molar-refractivity contribution in [2.24, 2.45) is 11.8 Å². The molecule has 2 saturated heterocycles. The zero-order valence-corrected chi connectivity index (χ0v) is 21.6. The number of halogens is 3. The summed E-state index contributed by atoms with van der Waals surface area (Å²) in [7, 11) is 0. The summed E-state index contributed by atoms with van der Waals surface area (Å²) >= 11 is 0. The van der Waals surface area contributed by atoms with E-state index in [0.29, 0.717) is 23.4 Å². The molecule has 0 aromatic heterocycles. The number of piperidine rings is 1. The van der Waals surface area contributed by atoms with Gasteiger partial charge in [0, 0.05) is 12.1 Å². The fourth-order valence-electron chi connectivity index (χ4n) is 7.05. The first-order valence-electron chi connectivity index (χ1n) is 14.0. The molecule has 2 bridgehead atoms. The third-order valence-electron chi connectivity index (χ3n) is 9.11. The third-order valence-corrected chi connectivity index (χ3v) is 9.11. The minimum atomic E-state index is -4.49. The zero-order valence-electron chi connectivity index (χ0n) is 21.6. The van der Waals surface area contributed by atoms with E-state index >= 15 is 0 Å². The molecule has 2 aromatic rings. The van der Waals surface area contributed by atoms with Crippen molar-refractivity contribution in [2.45, 2.75) is 102 Å². The number of nitrogens with zero attached hydrogens (tertiary/aromatic N) is 1. The van der Waals surface area contributed by atoms with Crippen molar-refractivity contribution in [1.82, 2.24) is 4.90 Å². The lowest BCUT2D eigenvalue weighted by molar-refractivity contribution is -0.144. The first-order chi connectivity index (χ1) is 17.7. The summed E-state index contributed by atoms with van der Waals surface area (Å²) in [5, 5.41) is 10.2. The van der Waals surface area contributed by atoms with E-state index in [-0.39, 0.29) is 23.2 Å². The summed E-state index contributed by atoms with van der Waals surface area (Å²) < 4.78 is 48.5. The van der Waals surface area contributed by atoms with Gasteiger partial charge in [0.05, 0.1) is 12.0 Å². The number of benzene rings is 2. The standard InChI is InChI=1S/C30H38F3NO3/c1-2-19-5-11-25(12-6-19)37-27-14-8-21-16-20(7-13-26(21)28(27)30(31,32)33)4-3-15-34-23-9-10-24(34)18-22(17-23)29(35)36/h7-8,13-14,16,19,22-25H,2-6,9-12,15,17-18H2,1H3,(H,35,36)/t19-,22?,23?,24?,25+. The Morgan fingerprint density at radius 2 is 1.73 bits per heavy atom. The summed E-state index contributed by atoms with van der Waals surface area (Å²) in [6, 6.07) is 9.27. The summed E-state index contributed by atoms with van der Waals surface area (Å²) in [6.45, 7) is 3.07. The van der Waals surface area contributed by atoms with Gasteiger partial charge in [-0.15, -0.1) is 0 Å². The second kappa shape index (κ2) is 10.8. The Balaban J connectivity index is 1.26.